The molecule has 3 aromatic rings. The fourth-order valence-corrected chi connectivity index (χ4v) is 3.40. The summed E-state index contributed by atoms with van der Waals surface area (Å²) in [6.07, 6.45) is 0. The number of benzene rings is 3. The number of anilines is 1. The molecule has 0 spiro atoms. The number of rotatable bonds is 7. The van der Waals surface area contributed by atoms with E-state index in [4.69, 9.17) is 44.3 Å². The standard InChI is InChI=1S/C22H20Cl3NO3/c1-13-3-5-14(6-4-13)12-29-21-10-17(23)15(7-20(21)28-2)11-26-16-8-18(24)22(27)19(25)9-16/h3-10,26-27H,11-12H2,1-2H3. The van der Waals surface area contributed by atoms with Gasteiger partial charge >= 0.3 is 0 Å². The van der Waals surface area contributed by atoms with Crippen LogP contribution in [0.1, 0.15) is 16.7 Å². The van der Waals surface area contributed by atoms with Gasteiger partial charge in [-0.05, 0) is 36.2 Å². The Labute approximate surface area is 184 Å². The first kappa shape index (κ1) is 21.4. The van der Waals surface area contributed by atoms with Crippen molar-refractivity contribution in [2.24, 2.45) is 0 Å². The maximum absolute atomic E-state index is 9.66. The van der Waals surface area contributed by atoms with E-state index in [1.165, 1.54) is 5.56 Å². The van der Waals surface area contributed by atoms with Crippen molar-refractivity contribution in [3.05, 3.63) is 80.3 Å². The van der Waals surface area contributed by atoms with Crippen molar-refractivity contribution in [1.82, 2.24) is 0 Å². The molecule has 152 valence electrons. The fourth-order valence-electron chi connectivity index (χ4n) is 2.70. The van der Waals surface area contributed by atoms with Crippen LogP contribution in [0.3, 0.4) is 0 Å². The van der Waals surface area contributed by atoms with Crippen LogP contribution in [0, 0.1) is 6.92 Å². The summed E-state index contributed by atoms with van der Waals surface area (Å²) in [5, 5.41) is 13.7. The molecule has 0 saturated carbocycles. The van der Waals surface area contributed by atoms with Gasteiger partial charge in [-0.2, -0.15) is 0 Å². The van der Waals surface area contributed by atoms with Gasteiger partial charge in [0.2, 0.25) is 0 Å². The quantitative estimate of drug-likeness (QED) is 0.384. The smallest absolute Gasteiger partial charge is 0.163 e. The number of hydrogen-bond acceptors (Lipinski definition) is 4. The number of halogens is 3. The summed E-state index contributed by atoms with van der Waals surface area (Å²) in [4.78, 5) is 0. The molecule has 3 aromatic carbocycles. The van der Waals surface area contributed by atoms with Gasteiger partial charge in [-0.1, -0.05) is 64.6 Å². The first-order valence-corrected chi connectivity index (χ1v) is 9.97. The van der Waals surface area contributed by atoms with E-state index in [1.807, 2.05) is 37.3 Å². The highest BCUT2D eigenvalue weighted by molar-refractivity contribution is 6.37. The lowest BCUT2D eigenvalue weighted by Crippen LogP contribution is -2.03. The molecule has 4 nitrogen and oxygen atoms in total. The van der Waals surface area contributed by atoms with Crippen LogP contribution in [0.25, 0.3) is 0 Å². The van der Waals surface area contributed by atoms with Crippen molar-refractivity contribution >= 4 is 40.5 Å². The third kappa shape index (κ3) is 5.41. The van der Waals surface area contributed by atoms with E-state index in [0.29, 0.717) is 35.4 Å². The maximum atomic E-state index is 9.66. The SMILES string of the molecule is COc1cc(CNc2cc(Cl)c(O)c(Cl)c2)c(Cl)cc1OCc1ccc(C)cc1. The van der Waals surface area contributed by atoms with Crippen molar-refractivity contribution < 1.29 is 14.6 Å². The summed E-state index contributed by atoms with van der Waals surface area (Å²) in [5.74, 6) is 1.01. The first-order chi connectivity index (χ1) is 13.9. The second-order valence-corrected chi connectivity index (χ2v) is 7.73. The minimum absolute atomic E-state index is 0.145. The van der Waals surface area contributed by atoms with Gasteiger partial charge in [-0.15, -0.1) is 0 Å². The average Bonchev–Trinajstić information content (AvgIpc) is 2.70. The maximum Gasteiger partial charge on any atom is 0.163 e. The van der Waals surface area contributed by atoms with Gasteiger partial charge < -0.3 is 19.9 Å². The lowest BCUT2D eigenvalue weighted by atomic mass is 10.1. The second-order valence-electron chi connectivity index (χ2n) is 6.51. The van der Waals surface area contributed by atoms with Crippen LogP contribution in [0.15, 0.2) is 48.5 Å². The minimum Gasteiger partial charge on any atom is -0.505 e. The third-order valence-electron chi connectivity index (χ3n) is 4.35. The normalized spacial score (nSPS) is 10.7. The molecule has 2 N–H and O–H groups in total. The number of aromatic hydroxyl groups is 1. The molecule has 0 aliphatic carbocycles. The number of aryl methyl sites for hydroxylation is 1. The number of phenols is 1. The zero-order chi connectivity index (χ0) is 21.0. The van der Waals surface area contributed by atoms with E-state index in [-0.39, 0.29) is 15.8 Å². The van der Waals surface area contributed by atoms with Crippen molar-refractivity contribution in [2.75, 3.05) is 12.4 Å². The molecule has 0 heterocycles. The molecule has 0 atom stereocenters. The van der Waals surface area contributed by atoms with Crippen LogP contribution in [-0.2, 0) is 13.2 Å². The van der Waals surface area contributed by atoms with Crippen molar-refractivity contribution in [2.45, 2.75) is 20.1 Å². The average molecular weight is 453 g/mol. The Kier molecular flexibility index (Phi) is 7.01. The molecule has 0 amide bonds. The summed E-state index contributed by atoms with van der Waals surface area (Å²) in [6, 6.07) is 14.9. The molecule has 0 unspecified atom stereocenters. The van der Waals surface area contributed by atoms with Gasteiger partial charge in [-0.25, -0.2) is 0 Å². The summed E-state index contributed by atoms with van der Waals surface area (Å²) in [7, 11) is 1.58. The van der Waals surface area contributed by atoms with Crippen molar-refractivity contribution in [3.63, 3.8) is 0 Å². The highest BCUT2D eigenvalue weighted by Crippen LogP contribution is 2.36. The molecule has 0 fully saturated rings. The van der Waals surface area contributed by atoms with E-state index >= 15 is 0 Å². The zero-order valence-corrected chi connectivity index (χ0v) is 18.2. The Morgan fingerprint density at radius 2 is 1.55 bits per heavy atom. The number of nitrogens with one attached hydrogen (secondary N) is 1. The van der Waals surface area contributed by atoms with Gasteiger partial charge in [0.1, 0.15) is 6.61 Å². The first-order valence-electron chi connectivity index (χ1n) is 8.84. The Morgan fingerprint density at radius 1 is 0.897 bits per heavy atom. The summed E-state index contributed by atoms with van der Waals surface area (Å²) >= 11 is 18.4. The van der Waals surface area contributed by atoms with Crippen LogP contribution in [0.2, 0.25) is 15.1 Å². The van der Waals surface area contributed by atoms with Gasteiger partial charge in [0, 0.05) is 23.3 Å². The topological polar surface area (TPSA) is 50.7 Å². The lowest BCUT2D eigenvalue weighted by molar-refractivity contribution is 0.284. The highest BCUT2D eigenvalue weighted by atomic mass is 35.5. The van der Waals surface area contributed by atoms with Crippen molar-refractivity contribution in [1.29, 1.82) is 0 Å². The van der Waals surface area contributed by atoms with Crippen LogP contribution >= 0.6 is 34.8 Å². The number of methoxy groups -OCH3 is 1. The summed E-state index contributed by atoms with van der Waals surface area (Å²) < 4.78 is 11.4. The van der Waals surface area contributed by atoms with E-state index in [9.17, 15) is 5.11 Å². The third-order valence-corrected chi connectivity index (χ3v) is 5.28. The fraction of sp³-hybridized carbons (Fsp3) is 0.182. The van der Waals surface area contributed by atoms with E-state index in [2.05, 4.69) is 5.32 Å². The van der Waals surface area contributed by atoms with E-state index < -0.39 is 0 Å². The van der Waals surface area contributed by atoms with Gasteiger partial charge in [0.15, 0.2) is 17.2 Å². The number of phenolic OH excluding ortho intramolecular Hbond substituents is 1. The lowest BCUT2D eigenvalue weighted by Gasteiger charge is -2.15. The summed E-state index contributed by atoms with van der Waals surface area (Å²) in [6.45, 7) is 2.86. The number of hydrogen-bond donors (Lipinski definition) is 2. The molecular weight excluding hydrogens is 433 g/mol. The Balaban J connectivity index is 1.73. The Bertz CT molecular complexity index is 984. The molecule has 0 aromatic heterocycles. The monoisotopic (exact) mass is 451 g/mol. The van der Waals surface area contributed by atoms with E-state index in [1.54, 1.807) is 25.3 Å². The molecule has 0 bridgehead atoms. The predicted molar refractivity (Wildman–Crippen MR) is 119 cm³/mol. The Hall–Kier alpha value is -2.27. The predicted octanol–water partition coefficient (Wildman–Crippen LogP) is 6.86. The highest BCUT2D eigenvalue weighted by Gasteiger charge is 2.12. The van der Waals surface area contributed by atoms with Crippen LogP contribution in [0.5, 0.6) is 17.2 Å². The molecule has 0 aliphatic rings. The van der Waals surface area contributed by atoms with Gasteiger partial charge in [-0.3, -0.25) is 0 Å². The van der Waals surface area contributed by atoms with Crippen LogP contribution < -0.4 is 14.8 Å². The molecule has 29 heavy (non-hydrogen) atoms. The van der Waals surface area contributed by atoms with Crippen LogP contribution in [0.4, 0.5) is 5.69 Å². The number of ether oxygens (including phenoxy) is 2. The van der Waals surface area contributed by atoms with Gasteiger partial charge in [0.05, 0.1) is 17.2 Å². The van der Waals surface area contributed by atoms with Gasteiger partial charge in [0.25, 0.3) is 0 Å². The molecule has 0 saturated heterocycles. The van der Waals surface area contributed by atoms with Crippen molar-refractivity contribution in [3.8, 4) is 17.2 Å². The zero-order valence-electron chi connectivity index (χ0n) is 15.9. The Morgan fingerprint density at radius 3 is 2.17 bits per heavy atom. The molecule has 0 radical (unpaired) electrons. The van der Waals surface area contributed by atoms with Crippen LogP contribution in [-0.4, -0.2) is 12.2 Å². The largest absolute Gasteiger partial charge is 0.505 e. The molecule has 3 rings (SSSR count). The minimum atomic E-state index is -0.145. The summed E-state index contributed by atoms with van der Waals surface area (Å²) in [5.41, 5.74) is 3.72. The second kappa shape index (κ2) is 9.49. The molecule has 7 heteroatoms. The molecule has 0 aliphatic heterocycles. The molecular formula is C22H20Cl3NO3. The van der Waals surface area contributed by atoms with E-state index in [0.717, 1.165) is 11.1 Å².